The zero-order valence-corrected chi connectivity index (χ0v) is 11.5. The zero-order chi connectivity index (χ0) is 13.4. The summed E-state index contributed by atoms with van der Waals surface area (Å²) < 4.78 is 0. The van der Waals surface area contributed by atoms with Crippen molar-refractivity contribution in [3.8, 4) is 0 Å². The van der Waals surface area contributed by atoms with Crippen LogP contribution in [0.5, 0.6) is 0 Å². The van der Waals surface area contributed by atoms with Crippen LogP contribution in [0.15, 0.2) is 24.3 Å². The van der Waals surface area contributed by atoms with Crippen LogP contribution in [0.25, 0.3) is 0 Å². The first-order valence-corrected chi connectivity index (χ1v) is 7.37. The van der Waals surface area contributed by atoms with Crippen LogP contribution in [0.4, 0.5) is 5.95 Å². The van der Waals surface area contributed by atoms with Crippen molar-refractivity contribution in [2.45, 2.75) is 18.8 Å². The van der Waals surface area contributed by atoms with Gasteiger partial charge in [0.25, 0.3) is 0 Å². The van der Waals surface area contributed by atoms with E-state index in [-0.39, 0.29) is 0 Å². The van der Waals surface area contributed by atoms with Gasteiger partial charge in [0, 0.05) is 25.6 Å². The second-order valence-corrected chi connectivity index (χ2v) is 5.57. The Morgan fingerprint density at radius 1 is 1.15 bits per heavy atom. The first kappa shape index (κ1) is 11.9. The third-order valence-corrected chi connectivity index (χ3v) is 4.30. The Morgan fingerprint density at radius 2 is 2.10 bits per heavy atom. The third-order valence-electron chi connectivity index (χ3n) is 4.30. The molecule has 5 heteroatoms. The number of aromatic amines is 1. The predicted octanol–water partition coefficient (Wildman–Crippen LogP) is 1.29. The average molecular weight is 269 g/mol. The molecule has 1 unspecified atom stereocenters. The molecule has 2 heterocycles. The number of hydrogen-bond donors (Lipinski definition) is 2. The van der Waals surface area contributed by atoms with E-state index < -0.39 is 0 Å². The molecule has 0 amide bonds. The molecular weight excluding hydrogens is 250 g/mol. The van der Waals surface area contributed by atoms with E-state index in [1.54, 1.807) is 0 Å². The molecule has 1 saturated heterocycles. The smallest absolute Gasteiger partial charge is 0.244 e. The largest absolute Gasteiger partial charge is 0.338 e. The molecule has 0 spiro atoms. The highest BCUT2D eigenvalue weighted by Crippen LogP contribution is 2.38. The molecule has 2 aromatic rings. The van der Waals surface area contributed by atoms with Crippen molar-refractivity contribution in [2.24, 2.45) is 0 Å². The Morgan fingerprint density at radius 3 is 3.05 bits per heavy atom. The molecule has 2 aliphatic rings. The van der Waals surface area contributed by atoms with Crippen LogP contribution < -0.4 is 10.2 Å². The van der Waals surface area contributed by atoms with Gasteiger partial charge in [0.15, 0.2) is 0 Å². The molecule has 4 rings (SSSR count). The molecule has 20 heavy (non-hydrogen) atoms. The van der Waals surface area contributed by atoms with Crippen LogP contribution in [0.3, 0.4) is 0 Å². The number of rotatable bonds is 2. The quantitative estimate of drug-likeness (QED) is 0.862. The van der Waals surface area contributed by atoms with Crippen molar-refractivity contribution >= 4 is 5.95 Å². The van der Waals surface area contributed by atoms with Gasteiger partial charge in [-0.15, -0.1) is 5.10 Å². The Bertz CT molecular complexity index is 598. The van der Waals surface area contributed by atoms with Gasteiger partial charge in [-0.05, 0) is 30.5 Å². The highest BCUT2D eigenvalue weighted by atomic mass is 15.4. The Balaban J connectivity index is 1.54. The van der Waals surface area contributed by atoms with Crippen molar-refractivity contribution < 1.29 is 0 Å². The van der Waals surface area contributed by atoms with Crippen LogP contribution in [0, 0.1) is 0 Å². The van der Waals surface area contributed by atoms with E-state index in [0.29, 0.717) is 5.92 Å². The Hall–Kier alpha value is -1.88. The molecule has 2 N–H and O–H groups in total. The van der Waals surface area contributed by atoms with Crippen LogP contribution in [0.1, 0.15) is 29.3 Å². The van der Waals surface area contributed by atoms with E-state index in [9.17, 15) is 0 Å². The van der Waals surface area contributed by atoms with Crippen LogP contribution in [-0.4, -0.2) is 41.4 Å². The van der Waals surface area contributed by atoms with Crippen LogP contribution in [-0.2, 0) is 6.42 Å². The van der Waals surface area contributed by atoms with Crippen LogP contribution >= 0.6 is 0 Å². The van der Waals surface area contributed by atoms with E-state index in [2.05, 4.69) is 44.7 Å². The Kier molecular flexibility index (Phi) is 2.92. The summed E-state index contributed by atoms with van der Waals surface area (Å²) in [4.78, 5) is 7.00. The minimum atomic E-state index is 0.401. The van der Waals surface area contributed by atoms with Gasteiger partial charge >= 0.3 is 0 Å². The third kappa shape index (κ3) is 1.98. The average Bonchev–Trinajstić information content (AvgIpc) is 2.75. The molecule has 0 saturated carbocycles. The van der Waals surface area contributed by atoms with Crippen molar-refractivity contribution in [1.82, 2.24) is 20.5 Å². The van der Waals surface area contributed by atoms with Crippen LogP contribution in [0.2, 0.25) is 0 Å². The fourth-order valence-electron chi connectivity index (χ4n) is 3.11. The number of benzene rings is 1. The molecule has 104 valence electrons. The first-order valence-electron chi connectivity index (χ1n) is 7.37. The van der Waals surface area contributed by atoms with Gasteiger partial charge in [-0.1, -0.05) is 24.3 Å². The second kappa shape index (κ2) is 4.90. The van der Waals surface area contributed by atoms with E-state index in [4.69, 9.17) is 4.98 Å². The summed E-state index contributed by atoms with van der Waals surface area (Å²) in [5, 5.41) is 11.0. The number of H-pyrrole nitrogens is 1. The molecule has 1 atom stereocenters. The van der Waals surface area contributed by atoms with E-state index in [1.165, 1.54) is 11.1 Å². The summed E-state index contributed by atoms with van der Waals surface area (Å²) in [7, 11) is 0. The predicted molar refractivity (Wildman–Crippen MR) is 78.1 cm³/mol. The summed E-state index contributed by atoms with van der Waals surface area (Å²) in [6.45, 7) is 4.12. The van der Waals surface area contributed by atoms with Gasteiger partial charge in [-0.2, -0.15) is 4.98 Å². The summed E-state index contributed by atoms with van der Waals surface area (Å²) in [6, 6.07) is 8.60. The zero-order valence-electron chi connectivity index (χ0n) is 11.5. The molecule has 5 nitrogen and oxygen atoms in total. The van der Waals surface area contributed by atoms with Gasteiger partial charge in [-0.25, -0.2) is 0 Å². The minimum Gasteiger partial charge on any atom is -0.338 e. The normalized spacial score (nSPS) is 22.0. The minimum absolute atomic E-state index is 0.401. The van der Waals surface area contributed by atoms with Gasteiger partial charge in [0.05, 0.1) is 0 Å². The van der Waals surface area contributed by atoms with Gasteiger partial charge in [0.2, 0.25) is 5.95 Å². The maximum absolute atomic E-state index is 4.73. The molecule has 1 aromatic heterocycles. The second-order valence-electron chi connectivity index (χ2n) is 5.57. The standard InChI is InChI=1S/C15H19N5/c1-2-5-12-11(4-1)10-13(12)14-17-15(19-18-14)20-8-3-6-16-7-9-20/h1-2,4-5,13,16H,3,6-10H2,(H,17,18,19). The van der Waals surface area contributed by atoms with Crippen molar-refractivity contribution in [3.63, 3.8) is 0 Å². The number of hydrogen-bond acceptors (Lipinski definition) is 4. The molecular formula is C15H19N5. The lowest BCUT2D eigenvalue weighted by molar-refractivity contribution is 0.663. The lowest BCUT2D eigenvalue weighted by atomic mass is 9.77. The fourth-order valence-corrected chi connectivity index (χ4v) is 3.11. The highest BCUT2D eigenvalue weighted by Gasteiger charge is 2.30. The number of fused-ring (bicyclic) bond motifs is 1. The monoisotopic (exact) mass is 269 g/mol. The van der Waals surface area contributed by atoms with E-state index in [0.717, 1.165) is 50.8 Å². The Labute approximate surface area is 118 Å². The van der Waals surface area contributed by atoms with Crippen molar-refractivity contribution in [1.29, 1.82) is 0 Å². The number of aromatic nitrogens is 3. The molecule has 1 fully saturated rings. The molecule has 0 radical (unpaired) electrons. The lowest BCUT2D eigenvalue weighted by Crippen LogP contribution is -2.28. The van der Waals surface area contributed by atoms with Gasteiger partial charge in [-0.3, -0.25) is 5.10 Å². The summed E-state index contributed by atoms with van der Waals surface area (Å²) >= 11 is 0. The highest BCUT2D eigenvalue weighted by molar-refractivity contribution is 5.45. The molecule has 1 aromatic carbocycles. The van der Waals surface area contributed by atoms with Gasteiger partial charge in [0.1, 0.15) is 5.82 Å². The summed E-state index contributed by atoms with van der Waals surface area (Å²) in [6.07, 6.45) is 2.22. The molecule has 1 aliphatic carbocycles. The maximum atomic E-state index is 4.73. The topological polar surface area (TPSA) is 56.8 Å². The number of nitrogens with zero attached hydrogens (tertiary/aromatic N) is 3. The summed E-state index contributed by atoms with van der Waals surface area (Å²) in [5.74, 6) is 2.27. The molecule has 0 bridgehead atoms. The number of nitrogens with one attached hydrogen (secondary N) is 2. The van der Waals surface area contributed by atoms with Crippen molar-refractivity contribution in [2.75, 3.05) is 31.1 Å². The van der Waals surface area contributed by atoms with Crippen molar-refractivity contribution in [3.05, 3.63) is 41.2 Å². The fraction of sp³-hybridized carbons (Fsp3) is 0.467. The van der Waals surface area contributed by atoms with E-state index in [1.807, 2.05) is 0 Å². The lowest BCUT2D eigenvalue weighted by Gasteiger charge is -2.27. The van der Waals surface area contributed by atoms with Gasteiger partial charge < -0.3 is 10.2 Å². The maximum Gasteiger partial charge on any atom is 0.244 e. The molecule has 1 aliphatic heterocycles. The summed E-state index contributed by atoms with van der Waals surface area (Å²) in [5.41, 5.74) is 2.84. The van der Waals surface area contributed by atoms with E-state index >= 15 is 0 Å². The first-order chi connectivity index (χ1) is 9.92. The SMILES string of the molecule is c1ccc2c(c1)CC2c1nc(N2CCCNCC2)n[nH]1. The number of anilines is 1.